The number of hydrogen-bond donors (Lipinski definition) is 3. The van der Waals surface area contributed by atoms with Crippen LogP contribution in [0.2, 0.25) is 0 Å². The van der Waals surface area contributed by atoms with Gasteiger partial charge >= 0.3 is 0 Å². The lowest BCUT2D eigenvalue weighted by Gasteiger charge is -2.19. The maximum atomic E-state index is 14.0. The van der Waals surface area contributed by atoms with E-state index in [1.165, 1.54) is 11.6 Å². The van der Waals surface area contributed by atoms with Crippen LogP contribution in [-0.2, 0) is 6.54 Å². The molecule has 0 spiro atoms. The molecule has 3 N–H and O–H groups in total. The summed E-state index contributed by atoms with van der Waals surface area (Å²) in [5.74, 6) is 0.997. The maximum Gasteiger partial charge on any atom is 0.183 e. The van der Waals surface area contributed by atoms with Crippen LogP contribution in [0.1, 0.15) is 22.9 Å². The van der Waals surface area contributed by atoms with Crippen molar-refractivity contribution in [1.29, 1.82) is 0 Å². The standard InChI is InChI=1S/C25H27FN6OS/c1-16-24(22-11-12-32(31-22)15-18-5-3-4-6-21(18)26)34-25(29-16)27-13-19-14-28-30-23(19)17-7-9-20(33-2)10-8-17/h3-12,19,23,28,30H,13-15H2,1-2H3,(H,27,29). The van der Waals surface area contributed by atoms with Crippen LogP contribution in [0.25, 0.3) is 10.6 Å². The Bertz CT molecular complexity index is 1250. The van der Waals surface area contributed by atoms with Crippen LogP contribution in [0.5, 0.6) is 5.75 Å². The van der Waals surface area contributed by atoms with E-state index in [4.69, 9.17) is 9.72 Å². The lowest BCUT2D eigenvalue weighted by atomic mass is 9.95. The normalized spacial score (nSPS) is 17.7. The van der Waals surface area contributed by atoms with Gasteiger partial charge in [0, 0.05) is 30.8 Å². The van der Waals surface area contributed by atoms with Crippen molar-refractivity contribution in [1.82, 2.24) is 25.6 Å². The highest BCUT2D eigenvalue weighted by atomic mass is 32.1. The first kappa shape index (κ1) is 22.5. The Morgan fingerprint density at radius 1 is 1.18 bits per heavy atom. The summed E-state index contributed by atoms with van der Waals surface area (Å²) in [6.45, 7) is 4.03. The first-order valence-corrected chi connectivity index (χ1v) is 12.0. The van der Waals surface area contributed by atoms with Gasteiger partial charge in [0.2, 0.25) is 0 Å². The van der Waals surface area contributed by atoms with Gasteiger partial charge in [-0.1, -0.05) is 41.7 Å². The van der Waals surface area contributed by atoms with E-state index < -0.39 is 0 Å². The quantitative estimate of drug-likeness (QED) is 0.349. The number of methoxy groups -OCH3 is 1. The van der Waals surface area contributed by atoms with E-state index in [0.717, 1.165) is 40.2 Å². The third-order valence-corrected chi connectivity index (χ3v) is 7.18. The van der Waals surface area contributed by atoms with Gasteiger partial charge in [-0.3, -0.25) is 10.1 Å². The zero-order valence-electron chi connectivity index (χ0n) is 19.1. The van der Waals surface area contributed by atoms with E-state index in [9.17, 15) is 4.39 Å². The number of aromatic nitrogens is 3. The molecule has 9 heteroatoms. The summed E-state index contributed by atoms with van der Waals surface area (Å²) in [6.07, 6.45) is 1.88. The van der Waals surface area contributed by atoms with Gasteiger partial charge < -0.3 is 10.1 Å². The average Bonchev–Trinajstić information content (AvgIpc) is 3.59. The number of ether oxygens (including phenoxy) is 1. The van der Waals surface area contributed by atoms with Gasteiger partial charge in [-0.25, -0.2) is 14.8 Å². The number of nitrogens with one attached hydrogen (secondary N) is 3. The van der Waals surface area contributed by atoms with Crippen molar-refractivity contribution in [2.24, 2.45) is 5.92 Å². The second-order valence-electron chi connectivity index (χ2n) is 8.34. The molecule has 176 valence electrons. The van der Waals surface area contributed by atoms with Crippen LogP contribution in [0, 0.1) is 18.7 Å². The molecule has 0 bridgehead atoms. The summed E-state index contributed by atoms with van der Waals surface area (Å²) in [5, 5.41) is 9.04. The largest absolute Gasteiger partial charge is 0.497 e. The number of anilines is 1. The molecule has 0 aliphatic carbocycles. The molecule has 2 aromatic heterocycles. The van der Waals surface area contributed by atoms with Crippen molar-refractivity contribution >= 4 is 16.5 Å². The number of nitrogens with zero attached hydrogens (tertiary/aromatic N) is 3. The minimum absolute atomic E-state index is 0.202. The van der Waals surface area contributed by atoms with Gasteiger partial charge in [0.15, 0.2) is 5.13 Å². The molecule has 0 saturated carbocycles. The Morgan fingerprint density at radius 3 is 2.79 bits per heavy atom. The highest BCUT2D eigenvalue weighted by molar-refractivity contribution is 7.19. The third-order valence-electron chi connectivity index (χ3n) is 6.04. The molecule has 1 saturated heterocycles. The molecule has 2 aromatic carbocycles. The Balaban J connectivity index is 1.24. The maximum absolute atomic E-state index is 14.0. The molecule has 2 unspecified atom stereocenters. The van der Waals surface area contributed by atoms with Crippen molar-refractivity contribution in [2.75, 3.05) is 25.5 Å². The van der Waals surface area contributed by atoms with Gasteiger partial charge in [0.1, 0.15) is 17.3 Å². The molecule has 5 rings (SSSR count). The van der Waals surface area contributed by atoms with E-state index in [1.807, 2.05) is 37.4 Å². The fourth-order valence-corrected chi connectivity index (χ4v) is 5.13. The second-order valence-corrected chi connectivity index (χ2v) is 9.34. The molecule has 4 aromatic rings. The Labute approximate surface area is 202 Å². The van der Waals surface area contributed by atoms with Gasteiger partial charge in [-0.05, 0) is 36.8 Å². The van der Waals surface area contributed by atoms with Crippen LogP contribution in [0.4, 0.5) is 9.52 Å². The first-order valence-electron chi connectivity index (χ1n) is 11.2. The molecule has 0 amide bonds. The van der Waals surface area contributed by atoms with Crippen LogP contribution in [-0.4, -0.2) is 35.0 Å². The number of rotatable bonds is 8. The van der Waals surface area contributed by atoms with E-state index in [2.05, 4.69) is 33.4 Å². The van der Waals surface area contributed by atoms with E-state index in [0.29, 0.717) is 18.0 Å². The predicted molar refractivity (Wildman–Crippen MR) is 132 cm³/mol. The third kappa shape index (κ3) is 4.82. The van der Waals surface area contributed by atoms with Crippen LogP contribution in [0.15, 0.2) is 60.8 Å². The SMILES string of the molecule is COc1ccc(C2NNCC2CNc2nc(C)c(-c3ccn(Cc4ccccc4F)n3)s2)cc1. The number of aryl methyl sites for hydroxylation is 1. The molecule has 1 aliphatic heterocycles. The van der Waals surface area contributed by atoms with Crippen molar-refractivity contribution < 1.29 is 9.13 Å². The molecule has 1 aliphatic rings. The Kier molecular flexibility index (Phi) is 6.57. The highest BCUT2D eigenvalue weighted by Gasteiger charge is 2.28. The van der Waals surface area contributed by atoms with Gasteiger partial charge in [-0.15, -0.1) is 0 Å². The molecular formula is C25H27FN6OS. The highest BCUT2D eigenvalue weighted by Crippen LogP contribution is 2.33. The summed E-state index contributed by atoms with van der Waals surface area (Å²) < 4.78 is 21.0. The van der Waals surface area contributed by atoms with Gasteiger partial charge in [-0.2, -0.15) is 5.10 Å². The first-order chi connectivity index (χ1) is 16.6. The minimum atomic E-state index is -0.219. The topological polar surface area (TPSA) is 76.0 Å². The summed E-state index contributed by atoms with van der Waals surface area (Å²) in [5.41, 5.74) is 10.3. The molecule has 2 atom stereocenters. The molecule has 34 heavy (non-hydrogen) atoms. The molecule has 3 heterocycles. The van der Waals surface area contributed by atoms with E-state index >= 15 is 0 Å². The number of benzene rings is 2. The number of hydrazine groups is 1. The summed E-state index contributed by atoms with van der Waals surface area (Å²) in [6, 6.07) is 17.1. The Hall–Kier alpha value is -3.27. The average molecular weight is 479 g/mol. The Morgan fingerprint density at radius 2 is 2.00 bits per heavy atom. The lowest BCUT2D eigenvalue weighted by molar-refractivity contribution is 0.414. The summed E-state index contributed by atoms with van der Waals surface area (Å²) >= 11 is 1.59. The second kappa shape index (κ2) is 9.92. The zero-order valence-corrected chi connectivity index (χ0v) is 19.9. The number of halogens is 1. The molecule has 0 radical (unpaired) electrons. The summed E-state index contributed by atoms with van der Waals surface area (Å²) in [4.78, 5) is 5.73. The van der Waals surface area contributed by atoms with Crippen LogP contribution >= 0.6 is 11.3 Å². The van der Waals surface area contributed by atoms with Crippen LogP contribution in [0.3, 0.4) is 0 Å². The van der Waals surface area contributed by atoms with Crippen LogP contribution < -0.4 is 20.9 Å². The van der Waals surface area contributed by atoms with Gasteiger partial charge in [0.25, 0.3) is 0 Å². The predicted octanol–water partition coefficient (Wildman–Crippen LogP) is 4.39. The van der Waals surface area contributed by atoms with E-state index in [1.54, 1.807) is 35.3 Å². The number of thiazole rings is 1. The van der Waals surface area contributed by atoms with Gasteiger partial charge in [0.05, 0.1) is 30.3 Å². The smallest absolute Gasteiger partial charge is 0.183 e. The van der Waals surface area contributed by atoms with Crippen molar-refractivity contribution in [3.05, 3.63) is 83.4 Å². The summed E-state index contributed by atoms with van der Waals surface area (Å²) in [7, 11) is 1.68. The van der Waals surface area contributed by atoms with E-state index in [-0.39, 0.29) is 11.9 Å². The monoisotopic (exact) mass is 478 g/mol. The van der Waals surface area contributed by atoms with Crippen molar-refractivity contribution in [3.63, 3.8) is 0 Å². The molecule has 7 nitrogen and oxygen atoms in total. The minimum Gasteiger partial charge on any atom is -0.497 e. The fraction of sp³-hybridized carbons (Fsp3) is 0.280. The molecule has 1 fully saturated rings. The van der Waals surface area contributed by atoms with Crippen molar-refractivity contribution in [2.45, 2.75) is 19.5 Å². The zero-order chi connectivity index (χ0) is 23.5. The van der Waals surface area contributed by atoms with Crippen molar-refractivity contribution in [3.8, 4) is 16.3 Å². The number of hydrogen-bond acceptors (Lipinski definition) is 7. The lowest BCUT2D eigenvalue weighted by Crippen LogP contribution is -2.26. The fourth-order valence-electron chi connectivity index (χ4n) is 4.19. The molecular weight excluding hydrogens is 451 g/mol.